The van der Waals surface area contributed by atoms with Gasteiger partial charge in [0.1, 0.15) is 5.88 Å². The van der Waals surface area contributed by atoms with Crippen LogP contribution in [0.25, 0.3) is 0 Å². The van der Waals surface area contributed by atoms with Crippen molar-refractivity contribution in [2.75, 3.05) is 24.3 Å². The van der Waals surface area contributed by atoms with Gasteiger partial charge < -0.3 is 10.6 Å². The van der Waals surface area contributed by atoms with Gasteiger partial charge >= 0.3 is 0 Å². The highest BCUT2D eigenvalue weighted by Gasteiger charge is 2.17. The molecule has 4 heteroatoms. The van der Waals surface area contributed by atoms with Crippen LogP contribution in [-0.2, 0) is 4.79 Å². The summed E-state index contributed by atoms with van der Waals surface area (Å²) in [5, 5.41) is 6.30. The molecule has 98 valence electrons. The van der Waals surface area contributed by atoms with Gasteiger partial charge in [-0.3, -0.25) is 4.79 Å². The molecule has 1 fully saturated rings. The van der Waals surface area contributed by atoms with Gasteiger partial charge in [-0.15, -0.1) is 11.6 Å². The van der Waals surface area contributed by atoms with Gasteiger partial charge in [-0.2, -0.15) is 0 Å². The van der Waals surface area contributed by atoms with Gasteiger partial charge in [0.2, 0.25) is 5.91 Å². The van der Waals surface area contributed by atoms with Crippen LogP contribution in [0.2, 0.25) is 0 Å². The molecule has 0 bridgehead atoms. The molecule has 18 heavy (non-hydrogen) atoms. The number of rotatable bonds is 3. The number of carbonyl (C=O) groups excluding carboxylic acids is 1. The van der Waals surface area contributed by atoms with E-state index in [4.69, 9.17) is 11.6 Å². The van der Waals surface area contributed by atoms with Crippen molar-refractivity contribution in [1.29, 1.82) is 0 Å². The van der Waals surface area contributed by atoms with E-state index in [0.717, 1.165) is 25.2 Å². The Hall–Kier alpha value is -1.06. The van der Waals surface area contributed by atoms with Gasteiger partial charge in [-0.25, -0.2) is 0 Å². The third-order valence-electron chi connectivity index (χ3n) is 3.37. The van der Waals surface area contributed by atoms with Gasteiger partial charge in [0.25, 0.3) is 0 Å². The molecule has 0 radical (unpaired) electrons. The molecule has 1 saturated heterocycles. The zero-order valence-electron chi connectivity index (χ0n) is 10.4. The second-order valence-corrected chi connectivity index (χ2v) is 4.91. The maximum absolute atomic E-state index is 11.4. The number of nitrogens with one attached hydrogen (secondary N) is 2. The number of hydrogen-bond donors (Lipinski definition) is 2. The van der Waals surface area contributed by atoms with Crippen LogP contribution in [-0.4, -0.2) is 24.9 Å². The van der Waals surface area contributed by atoms with E-state index in [1.165, 1.54) is 18.4 Å². The van der Waals surface area contributed by atoms with Gasteiger partial charge in [0, 0.05) is 5.69 Å². The molecule has 1 aromatic rings. The molecule has 1 aromatic carbocycles. The topological polar surface area (TPSA) is 41.1 Å². The summed E-state index contributed by atoms with van der Waals surface area (Å²) in [6.45, 7) is 2.13. The van der Waals surface area contributed by atoms with Crippen molar-refractivity contribution in [3.05, 3.63) is 29.8 Å². The van der Waals surface area contributed by atoms with Gasteiger partial charge in [-0.1, -0.05) is 18.2 Å². The molecule has 2 N–H and O–H groups in total. The van der Waals surface area contributed by atoms with Crippen LogP contribution in [0.4, 0.5) is 5.69 Å². The van der Waals surface area contributed by atoms with Gasteiger partial charge in [0.15, 0.2) is 0 Å². The Kier molecular flexibility index (Phi) is 5.02. The molecule has 0 aliphatic carbocycles. The molecule has 1 aliphatic rings. The summed E-state index contributed by atoms with van der Waals surface area (Å²) >= 11 is 5.54. The first-order valence-corrected chi connectivity index (χ1v) is 7.00. The summed E-state index contributed by atoms with van der Waals surface area (Å²) in [6, 6.07) is 8.05. The number of hydrogen-bond acceptors (Lipinski definition) is 2. The SMILES string of the molecule is O=C(CCl)Nc1ccccc1[C@H]1CCCNCC1. The summed E-state index contributed by atoms with van der Waals surface area (Å²) in [4.78, 5) is 11.4. The third kappa shape index (κ3) is 3.47. The first-order chi connectivity index (χ1) is 8.81. The largest absolute Gasteiger partial charge is 0.325 e. The predicted octanol–water partition coefficient (Wildman–Crippen LogP) is 2.72. The average molecular weight is 267 g/mol. The predicted molar refractivity (Wildman–Crippen MR) is 75.3 cm³/mol. The second kappa shape index (κ2) is 6.76. The standard InChI is InChI=1S/C14H19ClN2O/c15-10-14(18)17-13-6-2-1-5-12(13)11-4-3-8-16-9-7-11/h1-2,5-6,11,16H,3-4,7-10H2,(H,17,18)/t11-/m0/s1. The molecule has 0 spiro atoms. The highest BCUT2D eigenvalue weighted by Crippen LogP contribution is 2.31. The average Bonchev–Trinajstić information content (AvgIpc) is 2.68. The number of para-hydroxylation sites is 1. The van der Waals surface area contributed by atoms with Crippen LogP contribution in [0.5, 0.6) is 0 Å². The molecule has 1 aliphatic heterocycles. The number of anilines is 1. The minimum atomic E-state index is -0.143. The van der Waals surface area contributed by atoms with E-state index in [1.54, 1.807) is 0 Å². The van der Waals surface area contributed by atoms with Crippen molar-refractivity contribution < 1.29 is 4.79 Å². The zero-order chi connectivity index (χ0) is 12.8. The summed E-state index contributed by atoms with van der Waals surface area (Å²) in [5.41, 5.74) is 2.15. The molecule has 1 amide bonds. The maximum Gasteiger partial charge on any atom is 0.239 e. The minimum absolute atomic E-state index is 0.000552. The Morgan fingerprint density at radius 2 is 2.17 bits per heavy atom. The Bertz CT molecular complexity index is 401. The van der Waals surface area contributed by atoms with Crippen molar-refractivity contribution in [1.82, 2.24) is 5.32 Å². The summed E-state index contributed by atoms with van der Waals surface area (Å²) in [7, 11) is 0. The van der Waals surface area contributed by atoms with Gasteiger partial charge in [0.05, 0.1) is 0 Å². The zero-order valence-corrected chi connectivity index (χ0v) is 11.2. The molecule has 2 rings (SSSR count). The fourth-order valence-corrected chi connectivity index (χ4v) is 2.55. The molecule has 1 atom stereocenters. The number of benzene rings is 1. The lowest BCUT2D eigenvalue weighted by molar-refractivity contribution is -0.113. The third-order valence-corrected chi connectivity index (χ3v) is 3.61. The number of carbonyl (C=O) groups is 1. The Labute approximate surface area is 113 Å². The lowest BCUT2D eigenvalue weighted by Gasteiger charge is -2.18. The molecule has 1 heterocycles. The summed E-state index contributed by atoms with van der Waals surface area (Å²) in [6.07, 6.45) is 3.47. The molecular weight excluding hydrogens is 248 g/mol. The van der Waals surface area contributed by atoms with Crippen molar-refractivity contribution in [3.63, 3.8) is 0 Å². The van der Waals surface area contributed by atoms with Crippen LogP contribution >= 0.6 is 11.6 Å². The quantitative estimate of drug-likeness (QED) is 0.826. The summed E-state index contributed by atoms with van der Waals surface area (Å²) in [5.74, 6) is 0.378. The maximum atomic E-state index is 11.4. The van der Waals surface area contributed by atoms with E-state index in [2.05, 4.69) is 16.7 Å². The van der Waals surface area contributed by atoms with Crippen LogP contribution in [0.3, 0.4) is 0 Å². The van der Waals surface area contributed by atoms with E-state index in [0.29, 0.717) is 5.92 Å². The van der Waals surface area contributed by atoms with Crippen LogP contribution in [0.1, 0.15) is 30.7 Å². The highest BCUT2D eigenvalue weighted by molar-refractivity contribution is 6.29. The number of alkyl halides is 1. The van der Waals surface area contributed by atoms with E-state index < -0.39 is 0 Å². The fraction of sp³-hybridized carbons (Fsp3) is 0.500. The smallest absolute Gasteiger partial charge is 0.239 e. The minimum Gasteiger partial charge on any atom is -0.325 e. The molecule has 0 aromatic heterocycles. The molecule has 0 unspecified atom stereocenters. The lowest BCUT2D eigenvalue weighted by atomic mass is 9.91. The molecule has 0 saturated carbocycles. The Morgan fingerprint density at radius 1 is 1.33 bits per heavy atom. The first kappa shape index (κ1) is 13.4. The van der Waals surface area contributed by atoms with Crippen molar-refractivity contribution in [2.45, 2.75) is 25.2 Å². The van der Waals surface area contributed by atoms with Crippen LogP contribution in [0, 0.1) is 0 Å². The Balaban J connectivity index is 2.17. The van der Waals surface area contributed by atoms with E-state index in [-0.39, 0.29) is 11.8 Å². The normalized spacial score (nSPS) is 20.2. The number of amides is 1. The van der Waals surface area contributed by atoms with Crippen molar-refractivity contribution in [3.8, 4) is 0 Å². The van der Waals surface area contributed by atoms with Crippen LogP contribution in [0.15, 0.2) is 24.3 Å². The molecular formula is C14H19ClN2O. The highest BCUT2D eigenvalue weighted by atomic mass is 35.5. The van der Waals surface area contributed by atoms with E-state index >= 15 is 0 Å². The Morgan fingerprint density at radius 3 is 3.00 bits per heavy atom. The summed E-state index contributed by atoms with van der Waals surface area (Å²) < 4.78 is 0. The van der Waals surface area contributed by atoms with Crippen LogP contribution < -0.4 is 10.6 Å². The van der Waals surface area contributed by atoms with Crippen molar-refractivity contribution in [2.24, 2.45) is 0 Å². The molecule has 3 nitrogen and oxygen atoms in total. The number of halogens is 1. The van der Waals surface area contributed by atoms with E-state index in [9.17, 15) is 4.79 Å². The van der Waals surface area contributed by atoms with Gasteiger partial charge in [-0.05, 0) is 49.9 Å². The van der Waals surface area contributed by atoms with Crippen molar-refractivity contribution >= 4 is 23.2 Å². The fourth-order valence-electron chi connectivity index (χ4n) is 2.48. The first-order valence-electron chi connectivity index (χ1n) is 6.46. The monoisotopic (exact) mass is 266 g/mol. The lowest BCUT2D eigenvalue weighted by Crippen LogP contribution is -2.16. The van der Waals surface area contributed by atoms with E-state index in [1.807, 2.05) is 18.2 Å². The second-order valence-electron chi connectivity index (χ2n) is 4.65.